The zero-order valence-electron chi connectivity index (χ0n) is 18.3. The minimum Gasteiger partial charge on any atom is -0.496 e. The molecule has 0 radical (unpaired) electrons. The van der Waals surface area contributed by atoms with Gasteiger partial charge >= 0.3 is 0 Å². The van der Waals surface area contributed by atoms with E-state index in [1.54, 1.807) is 45.4 Å². The van der Waals surface area contributed by atoms with Gasteiger partial charge in [0, 0.05) is 38.5 Å². The van der Waals surface area contributed by atoms with Crippen LogP contribution in [-0.2, 0) is 17.1 Å². The Labute approximate surface area is 182 Å². The molecule has 168 valence electrons. The Morgan fingerprint density at radius 1 is 1.06 bits per heavy atom. The molecule has 2 aromatic rings. The molecule has 1 aromatic carbocycles. The molecule has 1 amide bonds. The van der Waals surface area contributed by atoms with Crippen LogP contribution in [0.5, 0.6) is 17.2 Å². The standard InChI is InChI=1S/C21H27N3O6S/c1-22-31(26,27)16-12-17(23(2)13-16)21(25)24-8-6-14(7-9-24)20-18(29-4)10-15(28-3)11-19(20)30-5/h6,10-13,22H,7-9H2,1-5H3. The van der Waals surface area contributed by atoms with Crippen LogP contribution < -0.4 is 18.9 Å². The summed E-state index contributed by atoms with van der Waals surface area (Å²) in [7, 11) is 4.12. The lowest BCUT2D eigenvalue weighted by atomic mass is 9.97. The van der Waals surface area contributed by atoms with Crippen molar-refractivity contribution in [3.05, 3.63) is 41.7 Å². The quantitative estimate of drug-likeness (QED) is 0.693. The average Bonchev–Trinajstić information content (AvgIpc) is 3.20. The Hall–Kier alpha value is -2.98. The van der Waals surface area contributed by atoms with E-state index in [1.165, 1.54) is 23.9 Å². The number of rotatable bonds is 7. The number of sulfonamides is 1. The first kappa shape index (κ1) is 22.7. The number of carbonyl (C=O) groups excluding carboxylic acids is 1. The minimum absolute atomic E-state index is 0.0572. The van der Waals surface area contributed by atoms with E-state index in [-0.39, 0.29) is 10.8 Å². The number of carbonyl (C=O) groups is 1. The molecule has 0 saturated carbocycles. The second-order valence-electron chi connectivity index (χ2n) is 7.02. The number of ether oxygens (including phenoxy) is 3. The van der Waals surface area contributed by atoms with Gasteiger partial charge in [0.25, 0.3) is 5.91 Å². The fraction of sp³-hybridized carbons (Fsp3) is 0.381. The van der Waals surface area contributed by atoms with Crippen molar-refractivity contribution in [1.82, 2.24) is 14.2 Å². The summed E-state index contributed by atoms with van der Waals surface area (Å²) >= 11 is 0. The number of benzene rings is 1. The summed E-state index contributed by atoms with van der Waals surface area (Å²) in [6, 6.07) is 4.98. The lowest BCUT2D eigenvalue weighted by Gasteiger charge is -2.28. The zero-order chi connectivity index (χ0) is 22.8. The Morgan fingerprint density at radius 2 is 1.71 bits per heavy atom. The normalized spacial score (nSPS) is 14.2. The van der Waals surface area contributed by atoms with E-state index in [4.69, 9.17) is 14.2 Å². The second-order valence-corrected chi connectivity index (χ2v) is 8.90. The average molecular weight is 450 g/mol. The molecule has 1 aromatic heterocycles. The van der Waals surface area contributed by atoms with Gasteiger partial charge in [-0.05, 0) is 25.1 Å². The van der Waals surface area contributed by atoms with Gasteiger partial charge in [0.05, 0.1) is 26.9 Å². The molecule has 1 aliphatic heterocycles. The molecule has 0 atom stereocenters. The van der Waals surface area contributed by atoms with Crippen molar-refractivity contribution < 1.29 is 27.4 Å². The highest BCUT2D eigenvalue weighted by Gasteiger charge is 2.26. The molecule has 10 heteroatoms. The summed E-state index contributed by atoms with van der Waals surface area (Å²) in [6.07, 6.45) is 3.98. The smallest absolute Gasteiger partial charge is 0.270 e. The maximum absolute atomic E-state index is 13.0. The molecule has 1 N–H and O–H groups in total. The third kappa shape index (κ3) is 4.40. The zero-order valence-corrected chi connectivity index (χ0v) is 19.1. The van der Waals surface area contributed by atoms with Crippen molar-refractivity contribution >= 4 is 21.5 Å². The number of hydrogen-bond donors (Lipinski definition) is 1. The fourth-order valence-electron chi connectivity index (χ4n) is 3.58. The van der Waals surface area contributed by atoms with Crippen LogP contribution in [0.2, 0.25) is 0 Å². The summed E-state index contributed by atoms with van der Waals surface area (Å²) in [5.74, 6) is 1.66. The van der Waals surface area contributed by atoms with Crippen molar-refractivity contribution in [3.63, 3.8) is 0 Å². The van der Waals surface area contributed by atoms with Gasteiger partial charge in [-0.3, -0.25) is 4.79 Å². The van der Waals surface area contributed by atoms with Crippen LogP contribution >= 0.6 is 0 Å². The van der Waals surface area contributed by atoms with Crippen LogP contribution in [0.25, 0.3) is 5.57 Å². The van der Waals surface area contributed by atoms with Gasteiger partial charge in [-0.15, -0.1) is 0 Å². The fourth-order valence-corrected chi connectivity index (χ4v) is 4.38. The van der Waals surface area contributed by atoms with E-state index in [9.17, 15) is 13.2 Å². The molecule has 31 heavy (non-hydrogen) atoms. The van der Waals surface area contributed by atoms with E-state index in [0.717, 1.165) is 11.1 Å². The molecule has 2 heterocycles. The van der Waals surface area contributed by atoms with Gasteiger partial charge in [0.15, 0.2) is 0 Å². The third-order valence-electron chi connectivity index (χ3n) is 5.31. The summed E-state index contributed by atoms with van der Waals surface area (Å²) < 4.78 is 44.3. The maximum Gasteiger partial charge on any atom is 0.270 e. The third-order valence-corrected chi connectivity index (χ3v) is 6.69. The molecule has 0 saturated heterocycles. The number of nitrogens with one attached hydrogen (secondary N) is 1. The minimum atomic E-state index is -3.62. The van der Waals surface area contributed by atoms with Gasteiger partial charge < -0.3 is 23.7 Å². The van der Waals surface area contributed by atoms with Crippen molar-refractivity contribution in [3.8, 4) is 17.2 Å². The first-order valence-corrected chi connectivity index (χ1v) is 11.1. The van der Waals surface area contributed by atoms with Gasteiger partial charge in [-0.25, -0.2) is 13.1 Å². The largest absolute Gasteiger partial charge is 0.496 e. The van der Waals surface area contributed by atoms with Gasteiger partial charge in [0.1, 0.15) is 27.8 Å². The van der Waals surface area contributed by atoms with Crippen LogP contribution in [0.4, 0.5) is 0 Å². The summed E-state index contributed by atoms with van der Waals surface area (Å²) in [6.45, 7) is 0.855. The maximum atomic E-state index is 13.0. The van der Waals surface area contributed by atoms with Crippen molar-refractivity contribution in [1.29, 1.82) is 0 Å². The van der Waals surface area contributed by atoms with Gasteiger partial charge in [0.2, 0.25) is 10.0 Å². The Morgan fingerprint density at radius 3 is 2.19 bits per heavy atom. The topological polar surface area (TPSA) is 99.1 Å². The van der Waals surface area contributed by atoms with Crippen molar-refractivity contribution in [2.45, 2.75) is 11.3 Å². The first-order valence-electron chi connectivity index (χ1n) is 9.64. The number of amides is 1. The number of hydrogen-bond acceptors (Lipinski definition) is 6. The SMILES string of the molecule is CNS(=O)(=O)c1cc(C(=O)N2CC=C(c3c(OC)cc(OC)cc3OC)CC2)n(C)c1. The molecule has 0 aliphatic carbocycles. The van der Waals surface area contributed by atoms with Crippen LogP contribution in [0, 0.1) is 0 Å². The van der Waals surface area contributed by atoms with Crippen molar-refractivity contribution in [2.24, 2.45) is 7.05 Å². The summed E-state index contributed by atoms with van der Waals surface area (Å²) in [5, 5.41) is 0. The molecule has 0 spiro atoms. The molecule has 0 bridgehead atoms. The molecular weight excluding hydrogens is 422 g/mol. The van der Waals surface area contributed by atoms with E-state index in [2.05, 4.69) is 4.72 Å². The second kappa shape index (κ2) is 9.03. The van der Waals surface area contributed by atoms with E-state index < -0.39 is 10.0 Å². The molecule has 9 nitrogen and oxygen atoms in total. The van der Waals surface area contributed by atoms with Gasteiger partial charge in [-0.2, -0.15) is 0 Å². The summed E-state index contributed by atoms with van der Waals surface area (Å²) in [5.41, 5.74) is 2.15. The highest BCUT2D eigenvalue weighted by molar-refractivity contribution is 7.89. The Kier molecular flexibility index (Phi) is 6.61. The van der Waals surface area contributed by atoms with Gasteiger partial charge in [-0.1, -0.05) is 6.08 Å². The molecule has 0 fully saturated rings. The molecule has 1 aliphatic rings. The molecular formula is C21H27N3O6S. The van der Waals surface area contributed by atoms with E-state index in [0.29, 0.717) is 42.5 Å². The molecule has 0 unspecified atom stereocenters. The van der Waals surface area contributed by atoms with Crippen LogP contribution in [0.1, 0.15) is 22.5 Å². The number of methoxy groups -OCH3 is 3. The highest BCUT2D eigenvalue weighted by atomic mass is 32.2. The van der Waals surface area contributed by atoms with Crippen LogP contribution in [-0.4, -0.2) is 65.3 Å². The van der Waals surface area contributed by atoms with E-state index in [1.807, 2.05) is 6.08 Å². The first-order chi connectivity index (χ1) is 14.7. The number of aromatic nitrogens is 1. The van der Waals surface area contributed by atoms with Crippen LogP contribution in [0.15, 0.2) is 35.4 Å². The monoisotopic (exact) mass is 449 g/mol. The van der Waals surface area contributed by atoms with Crippen molar-refractivity contribution in [2.75, 3.05) is 41.5 Å². The number of aryl methyl sites for hydroxylation is 1. The van der Waals surface area contributed by atoms with E-state index >= 15 is 0 Å². The van der Waals surface area contributed by atoms with Crippen LogP contribution in [0.3, 0.4) is 0 Å². The highest BCUT2D eigenvalue weighted by Crippen LogP contribution is 2.41. The predicted octanol–water partition coefficient (Wildman–Crippen LogP) is 1.89. The Balaban J connectivity index is 1.87. The lowest BCUT2D eigenvalue weighted by Crippen LogP contribution is -2.35. The molecule has 3 rings (SSSR count). The Bertz CT molecular complexity index is 1100. The number of nitrogens with zero attached hydrogens (tertiary/aromatic N) is 2. The lowest BCUT2D eigenvalue weighted by molar-refractivity contribution is 0.0763. The summed E-state index contributed by atoms with van der Waals surface area (Å²) in [4.78, 5) is 14.8. The predicted molar refractivity (Wildman–Crippen MR) is 116 cm³/mol.